The first-order valence-electron chi connectivity index (χ1n) is 11.3. The molecule has 34 heavy (non-hydrogen) atoms. The van der Waals surface area contributed by atoms with E-state index < -0.39 is 10.0 Å². The van der Waals surface area contributed by atoms with Crippen molar-refractivity contribution < 1.29 is 13.2 Å². The molecule has 1 amide bonds. The van der Waals surface area contributed by atoms with Crippen LogP contribution < -0.4 is 9.62 Å². The van der Waals surface area contributed by atoms with Crippen molar-refractivity contribution in [3.8, 4) is 0 Å². The van der Waals surface area contributed by atoms with E-state index in [9.17, 15) is 13.2 Å². The molecule has 1 N–H and O–H groups in total. The van der Waals surface area contributed by atoms with Crippen LogP contribution in [-0.2, 0) is 26.8 Å². The maximum absolute atomic E-state index is 12.7. The molecule has 1 aliphatic heterocycles. The van der Waals surface area contributed by atoms with E-state index in [1.54, 1.807) is 18.2 Å². The maximum atomic E-state index is 12.7. The van der Waals surface area contributed by atoms with Gasteiger partial charge in [-0.15, -0.1) is 0 Å². The minimum absolute atomic E-state index is 0.151. The number of rotatable bonds is 6. The molecule has 1 aromatic heterocycles. The van der Waals surface area contributed by atoms with E-state index in [1.807, 2.05) is 53.2 Å². The van der Waals surface area contributed by atoms with E-state index >= 15 is 0 Å². The first-order chi connectivity index (χ1) is 16.1. The van der Waals surface area contributed by atoms with Crippen LogP contribution in [0.25, 0.3) is 6.08 Å². The molecule has 0 radical (unpaired) electrons. The number of carbonyl (C=O) groups excluding carboxylic acids is 1. The molecule has 3 aromatic rings. The maximum Gasteiger partial charge on any atom is 0.249 e. The molecule has 8 heteroatoms. The van der Waals surface area contributed by atoms with Gasteiger partial charge in [-0.05, 0) is 35.8 Å². The van der Waals surface area contributed by atoms with Gasteiger partial charge in [0.15, 0.2) is 0 Å². The summed E-state index contributed by atoms with van der Waals surface area (Å²) in [6, 6.07) is 19.1. The van der Waals surface area contributed by atoms with Crippen molar-refractivity contribution in [3.05, 3.63) is 83.6 Å². The number of amides is 1. The largest absolute Gasteiger partial charge is 0.307 e. The predicted octanol–water partition coefficient (Wildman–Crippen LogP) is 4.42. The number of anilines is 2. The second-order valence-corrected chi connectivity index (χ2v) is 11.5. The molecule has 0 saturated carbocycles. The number of hydrogen-bond donors (Lipinski definition) is 1. The van der Waals surface area contributed by atoms with E-state index in [0.717, 1.165) is 16.8 Å². The fourth-order valence-corrected chi connectivity index (χ4v) is 5.35. The van der Waals surface area contributed by atoms with Crippen LogP contribution in [-0.4, -0.2) is 36.4 Å². The molecule has 7 nitrogen and oxygen atoms in total. The van der Waals surface area contributed by atoms with Crippen molar-refractivity contribution >= 4 is 33.5 Å². The number of nitrogens with one attached hydrogen (secondary N) is 1. The number of aromatic nitrogens is 2. The molecular formula is C26H30N4O3S. The lowest BCUT2D eigenvalue weighted by Crippen LogP contribution is -2.24. The summed E-state index contributed by atoms with van der Waals surface area (Å²) in [6.07, 6.45) is 3.82. The molecule has 178 valence electrons. The third-order valence-corrected chi connectivity index (χ3v) is 7.55. The first-order valence-corrected chi connectivity index (χ1v) is 12.9. The van der Waals surface area contributed by atoms with E-state index in [-0.39, 0.29) is 17.1 Å². The lowest BCUT2D eigenvalue weighted by Gasteiger charge is -2.16. The normalized spacial score (nSPS) is 15.7. The molecule has 0 spiro atoms. The molecule has 0 atom stereocenters. The van der Waals surface area contributed by atoms with Crippen molar-refractivity contribution in [2.24, 2.45) is 0 Å². The summed E-state index contributed by atoms with van der Waals surface area (Å²) in [6.45, 7) is 7.32. The first kappa shape index (κ1) is 23.8. The van der Waals surface area contributed by atoms with E-state index in [4.69, 9.17) is 5.10 Å². The number of sulfonamides is 1. The molecule has 0 bridgehead atoms. The Hall–Kier alpha value is -3.39. The van der Waals surface area contributed by atoms with Crippen LogP contribution in [0.2, 0.25) is 0 Å². The standard InChI is InChI=1S/C26H30N4O3S/c1-26(2,3)23-18-24(29(28-23)19-21-8-5-4-6-9-21)27-25(31)15-12-20-10-13-22(14-11-20)30-16-7-17-34(30,32)33/h4-6,8-15,18H,7,16-17,19H2,1-3H3,(H,27,31)/b15-12+. The van der Waals surface area contributed by atoms with Crippen molar-refractivity contribution in [3.63, 3.8) is 0 Å². The van der Waals surface area contributed by atoms with E-state index in [0.29, 0.717) is 31.0 Å². The summed E-state index contributed by atoms with van der Waals surface area (Å²) in [4.78, 5) is 12.7. The van der Waals surface area contributed by atoms with Gasteiger partial charge in [-0.25, -0.2) is 13.1 Å². The predicted molar refractivity (Wildman–Crippen MR) is 136 cm³/mol. The average molecular weight is 479 g/mol. The summed E-state index contributed by atoms with van der Waals surface area (Å²) in [7, 11) is -3.21. The summed E-state index contributed by atoms with van der Waals surface area (Å²) >= 11 is 0. The highest BCUT2D eigenvalue weighted by atomic mass is 32.2. The summed E-state index contributed by atoms with van der Waals surface area (Å²) < 4.78 is 27.4. The van der Waals surface area contributed by atoms with Gasteiger partial charge in [-0.1, -0.05) is 63.2 Å². The van der Waals surface area contributed by atoms with Gasteiger partial charge in [0.2, 0.25) is 15.9 Å². The fourth-order valence-electron chi connectivity index (χ4n) is 3.78. The second-order valence-electron chi connectivity index (χ2n) is 9.46. The van der Waals surface area contributed by atoms with Crippen LogP contribution in [0.4, 0.5) is 11.5 Å². The van der Waals surface area contributed by atoms with Crippen molar-refractivity contribution in [2.75, 3.05) is 21.9 Å². The zero-order chi connectivity index (χ0) is 24.3. The summed E-state index contributed by atoms with van der Waals surface area (Å²) in [5.41, 5.74) is 3.30. The number of nitrogens with zero attached hydrogens (tertiary/aromatic N) is 3. The van der Waals surface area contributed by atoms with Gasteiger partial charge in [0.05, 0.1) is 23.7 Å². The Morgan fingerprint density at radius 2 is 1.79 bits per heavy atom. The van der Waals surface area contributed by atoms with Gasteiger partial charge in [-0.3, -0.25) is 9.10 Å². The number of benzene rings is 2. The van der Waals surface area contributed by atoms with Crippen LogP contribution in [0, 0.1) is 0 Å². The van der Waals surface area contributed by atoms with Gasteiger partial charge < -0.3 is 5.32 Å². The minimum atomic E-state index is -3.21. The molecule has 0 aliphatic carbocycles. The van der Waals surface area contributed by atoms with E-state index in [2.05, 4.69) is 26.1 Å². The van der Waals surface area contributed by atoms with Crippen molar-refractivity contribution in [2.45, 2.75) is 39.2 Å². The molecular weight excluding hydrogens is 448 g/mol. The van der Waals surface area contributed by atoms with Gasteiger partial charge in [0.25, 0.3) is 0 Å². The Bertz CT molecular complexity index is 1290. The molecule has 1 saturated heterocycles. The number of carbonyl (C=O) groups is 1. The Morgan fingerprint density at radius 1 is 1.09 bits per heavy atom. The second kappa shape index (κ2) is 9.46. The van der Waals surface area contributed by atoms with Crippen LogP contribution in [0.15, 0.2) is 66.7 Å². The van der Waals surface area contributed by atoms with Crippen LogP contribution in [0.3, 0.4) is 0 Å². The smallest absolute Gasteiger partial charge is 0.249 e. The molecule has 0 unspecified atom stereocenters. The molecule has 1 aliphatic rings. The molecule has 4 rings (SSSR count). The topological polar surface area (TPSA) is 84.3 Å². The lowest BCUT2D eigenvalue weighted by molar-refractivity contribution is -0.111. The zero-order valence-electron chi connectivity index (χ0n) is 19.7. The van der Waals surface area contributed by atoms with Gasteiger partial charge in [0, 0.05) is 24.1 Å². The zero-order valence-corrected chi connectivity index (χ0v) is 20.5. The summed E-state index contributed by atoms with van der Waals surface area (Å²) in [5, 5.41) is 7.68. The minimum Gasteiger partial charge on any atom is -0.307 e. The highest BCUT2D eigenvalue weighted by molar-refractivity contribution is 7.93. The molecule has 2 aromatic carbocycles. The Morgan fingerprint density at radius 3 is 2.41 bits per heavy atom. The monoisotopic (exact) mass is 478 g/mol. The van der Waals surface area contributed by atoms with E-state index in [1.165, 1.54) is 10.4 Å². The van der Waals surface area contributed by atoms with Crippen molar-refractivity contribution in [1.29, 1.82) is 0 Å². The molecule has 1 fully saturated rings. The molecule has 2 heterocycles. The van der Waals surface area contributed by atoms with Crippen LogP contribution in [0.1, 0.15) is 44.0 Å². The Balaban J connectivity index is 1.47. The SMILES string of the molecule is CC(C)(C)c1cc(NC(=O)/C=C/c2ccc(N3CCCS3(=O)=O)cc2)n(Cc2ccccc2)n1. The average Bonchev–Trinajstić information content (AvgIpc) is 3.35. The third kappa shape index (κ3) is 5.56. The highest BCUT2D eigenvalue weighted by Gasteiger charge is 2.28. The van der Waals surface area contributed by atoms with Gasteiger partial charge in [0.1, 0.15) is 5.82 Å². The van der Waals surface area contributed by atoms with Gasteiger partial charge >= 0.3 is 0 Å². The highest BCUT2D eigenvalue weighted by Crippen LogP contribution is 2.26. The van der Waals surface area contributed by atoms with Crippen LogP contribution in [0.5, 0.6) is 0 Å². The van der Waals surface area contributed by atoms with Crippen molar-refractivity contribution in [1.82, 2.24) is 9.78 Å². The van der Waals surface area contributed by atoms with Gasteiger partial charge in [-0.2, -0.15) is 5.10 Å². The Kier molecular flexibility index (Phi) is 6.61. The number of hydrogen-bond acceptors (Lipinski definition) is 4. The quantitative estimate of drug-likeness (QED) is 0.532. The lowest BCUT2D eigenvalue weighted by atomic mass is 9.92. The third-order valence-electron chi connectivity index (χ3n) is 5.68. The summed E-state index contributed by atoms with van der Waals surface area (Å²) in [5.74, 6) is 0.561. The van der Waals surface area contributed by atoms with Crippen LogP contribution >= 0.6 is 0 Å². The fraction of sp³-hybridized carbons (Fsp3) is 0.308. The Labute approximate surface area is 201 Å².